The third kappa shape index (κ3) is 5.92. The van der Waals surface area contributed by atoms with Gasteiger partial charge in [-0.25, -0.2) is 0 Å². The number of nitrogens with one attached hydrogen (secondary N) is 2. The molecule has 2 aromatic rings. The number of hydrogen-bond acceptors (Lipinski definition) is 4. The van der Waals surface area contributed by atoms with Crippen molar-refractivity contribution >= 4 is 42.3 Å². The molecular formula is C19H24Cl2N4O2. The fraction of sp³-hybridized carbons (Fsp3) is 0.316. The summed E-state index contributed by atoms with van der Waals surface area (Å²) in [6, 6.07) is 8.60. The van der Waals surface area contributed by atoms with E-state index in [1.807, 2.05) is 13.0 Å². The lowest BCUT2D eigenvalue weighted by molar-refractivity contribution is 0.0951. The van der Waals surface area contributed by atoms with Gasteiger partial charge in [-0.3, -0.25) is 14.6 Å². The average Bonchev–Trinajstić information content (AvgIpc) is 3.47. The van der Waals surface area contributed by atoms with E-state index in [0.29, 0.717) is 29.3 Å². The topological polar surface area (TPSA) is 97.1 Å². The molecule has 0 saturated heterocycles. The quantitative estimate of drug-likeness (QED) is 0.681. The Morgan fingerprint density at radius 2 is 1.81 bits per heavy atom. The molecule has 1 aliphatic carbocycles. The number of carbonyl (C=O) groups excluding carboxylic acids is 2. The number of amides is 2. The summed E-state index contributed by atoms with van der Waals surface area (Å²) < 4.78 is 0. The fourth-order valence-corrected chi connectivity index (χ4v) is 2.71. The zero-order chi connectivity index (χ0) is 17.8. The molecule has 0 bridgehead atoms. The molecule has 0 spiro atoms. The van der Waals surface area contributed by atoms with Crippen molar-refractivity contribution < 1.29 is 9.59 Å². The Bertz CT molecular complexity index is 783. The average molecular weight is 411 g/mol. The van der Waals surface area contributed by atoms with Gasteiger partial charge in [-0.1, -0.05) is 12.1 Å². The molecular weight excluding hydrogens is 387 g/mol. The lowest BCUT2D eigenvalue weighted by Crippen LogP contribution is -2.38. The lowest BCUT2D eigenvalue weighted by Gasteiger charge is -2.16. The standard InChI is InChI=1S/C19H22N4O2.2ClH/c1-12-3-2-4-15(19(25)22-11-16(20)13-5-6-13)17(12)23-18(24)14-7-9-21-10-8-14;;/h2-4,7-10,13,16H,5-6,11,20H2,1H3,(H,22,25)(H,23,24);2*1H. The second-order valence-electron chi connectivity index (χ2n) is 6.40. The first-order chi connectivity index (χ1) is 12.1. The molecule has 4 N–H and O–H groups in total. The summed E-state index contributed by atoms with van der Waals surface area (Å²) >= 11 is 0. The van der Waals surface area contributed by atoms with Gasteiger partial charge in [0.05, 0.1) is 11.3 Å². The summed E-state index contributed by atoms with van der Waals surface area (Å²) in [6.07, 6.45) is 5.38. The van der Waals surface area contributed by atoms with Gasteiger partial charge in [0, 0.05) is 30.5 Å². The van der Waals surface area contributed by atoms with Crippen LogP contribution in [-0.2, 0) is 0 Å². The van der Waals surface area contributed by atoms with Gasteiger partial charge < -0.3 is 16.4 Å². The highest BCUT2D eigenvalue weighted by atomic mass is 35.5. The molecule has 1 aliphatic rings. The number of aromatic nitrogens is 1. The normalized spacial score (nSPS) is 13.6. The number of nitrogens with zero attached hydrogens (tertiary/aromatic N) is 1. The van der Waals surface area contributed by atoms with Crippen LogP contribution in [-0.4, -0.2) is 29.4 Å². The molecule has 8 heteroatoms. The molecule has 0 radical (unpaired) electrons. The van der Waals surface area contributed by atoms with E-state index in [1.54, 1.807) is 36.7 Å². The summed E-state index contributed by atoms with van der Waals surface area (Å²) in [7, 11) is 0. The molecule has 1 saturated carbocycles. The van der Waals surface area contributed by atoms with Crippen LogP contribution in [0.3, 0.4) is 0 Å². The van der Waals surface area contributed by atoms with E-state index in [-0.39, 0.29) is 42.7 Å². The Morgan fingerprint density at radius 1 is 1.15 bits per heavy atom. The van der Waals surface area contributed by atoms with Gasteiger partial charge in [0.15, 0.2) is 0 Å². The summed E-state index contributed by atoms with van der Waals surface area (Å²) in [5.74, 6) is 0.00827. The number of carbonyl (C=O) groups is 2. The Labute approximate surface area is 171 Å². The van der Waals surface area contributed by atoms with Gasteiger partial charge in [-0.05, 0) is 49.4 Å². The minimum atomic E-state index is -0.277. The highest BCUT2D eigenvalue weighted by Gasteiger charge is 2.28. The first-order valence-corrected chi connectivity index (χ1v) is 8.41. The molecule has 3 rings (SSSR count). The number of hydrogen-bond donors (Lipinski definition) is 3. The number of halogens is 2. The number of rotatable bonds is 6. The Morgan fingerprint density at radius 3 is 2.44 bits per heavy atom. The van der Waals surface area contributed by atoms with Crippen molar-refractivity contribution in [2.45, 2.75) is 25.8 Å². The van der Waals surface area contributed by atoms with Crippen molar-refractivity contribution in [1.82, 2.24) is 10.3 Å². The highest BCUT2D eigenvalue weighted by molar-refractivity contribution is 6.09. The van der Waals surface area contributed by atoms with Crippen molar-refractivity contribution in [3.63, 3.8) is 0 Å². The van der Waals surface area contributed by atoms with E-state index < -0.39 is 0 Å². The molecule has 1 fully saturated rings. The van der Waals surface area contributed by atoms with Gasteiger partial charge in [0.1, 0.15) is 0 Å². The molecule has 0 aliphatic heterocycles. The van der Waals surface area contributed by atoms with Crippen molar-refractivity contribution in [2.24, 2.45) is 11.7 Å². The van der Waals surface area contributed by atoms with E-state index in [4.69, 9.17) is 5.73 Å². The van der Waals surface area contributed by atoms with Crippen LogP contribution in [0, 0.1) is 12.8 Å². The third-order valence-electron chi connectivity index (χ3n) is 4.42. The maximum absolute atomic E-state index is 12.6. The van der Waals surface area contributed by atoms with Crippen LogP contribution in [0.4, 0.5) is 5.69 Å². The summed E-state index contributed by atoms with van der Waals surface area (Å²) in [6.45, 7) is 2.30. The highest BCUT2D eigenvalue weighted by Crippen LogP contribution is 2.31. The summed E-state index contributed by atoms with van der Waals surface area (Å²) in [4.78, 5) is 28.9. The van der Waals surface area contributed by atoms with E-state index in [1.165, 1.54) is 0 Å². The minimum absolute atomic E-state index is 0. The molecule has 1 unspecified atom stereocenters. The van der Waals surface area contributed by atoms with Gasteiger partial charge in [-0.2, -0.15) is 0 Å². The number of para-hydroxylation sites is 1. The Hall–Kier alpha value is -2.15. The number of anilines is 1. The lowest BCUT2D eigenvalue weighted by atomic mass is 10.1. The molecule has 2 amide bonds. The Balaban J connectivity index is 0.00000182. The minimum Gasteiger partial charge on any atom is -0.350 e. The SMILES string of the molecule is Cc1cccc(C(=O)NCC(N)C2CC2)c1NC(=O)c1ccncc1.Cl.Cl. The molecule has 1 aromatic carbocycles. The smallest absolute Gasteiger partial charge is 0.255 e. The second kappa shape index (κ2) is 10.3. The van der Waals surface area contributed by atoms with E-state index in [9.17, 15) is 9.59 Å². The fourth-order valence-electron chi connectivity index (χ4n) is 2.71. The maximum Gasteiger partial charge on any atom is 0.255 e. The molecule has 146 valence electrons. The van der Waals surface area contributed by atoms with E-state index >= 15 is 0 Å². The number of benzene rings is 1. The first kappa shape index (κ1) is 22.9. The van der Waals surface area contributed by atoms with E-state index in [2.05, 4.69) is 15.6 Å². The van der Waals surface area contributed by atoms with Gasteiger partial charge in [0.25, 0.3) is 11.8 Å². The number of pyridine rings is 1. The molecule has 27 heavy (non-hydrogen) atoms. The van der Waals surface area contributed by atoms with Crippen LogP contribution in [0.25, 0.3) is 0 Å². The van der Waals surface area contributed by atoms with Crippen molar-refractivity contribution in [3.8, 4) is 0 Å². The third-order valence-corrected chi connectivity index (χ3v) is 4.42. The van der Waals surface area contributed by atoms with Crippen molar-refractivity contribution in [1.29, 1.82) is 0 Å². The van der Waals surface area contributed by atoms with Crippen LogP contribution in [0.15, 0.2) is 42.7 Å². The molecule has 1 atom stereocenters. The largest absolute Gasteiger partial charge is 0.350 e. The van der Waals surface area contributed by atoms with Crippen LogP contribution in [0.2, 0.25) is 0 Å². The van der Waals surface area contributed by atoms with Crippen molar-refractivity contribution in [3.05, 3.63) is 59.4 Å². The first-order valence-electron chi connectivity index (χ1n) is 8.41. The van der Waals surface area contributed by atoms with Gasteiger partial charge in [0.2, 0.25) is 0 Å². The van der Waals surface area contributed by atoms with Crippen LogP contribution in [0.1, 0.15) is 39.1 Å². The molecule has 6 nitrogen and oxygen atoms in total. The monoisotopic (exact) mass is 410 g/mol. The predicted octanol–water partition coefficient (Wildman–Crippen LogP) is 2.95. The maximum atomic E-state index is 12.6. The second-order valence-corrected chi connectivity index (χ2v) is 6.40. The molecule has 1 aromatic heterocycles. The van der Waals surface area contributed by atoms with Gasteiger partial charge >= 0.3 is 0 Å². The summed E-state index contributed by atoms with van der Waals surface area (Å²) in [5, 5.41) is 5.72. The predicted molar refractivity (Wildman–Crippen MR) is 111 cm³/mol. The van der Waals surface area contributed by atoms with Crippen LogP contribution in [0.5, 0.6) is 0 Å². The zero-order valence-corrected chi connectivity index (χ0v) is 16.6. The number of nitrogens with two attached hydrogens (primary N) is 1. The van der Waals surface area contributed by atoms with Crippen molar-refractivity contribution in [2.75, 3.05) is 11.9 Å². The van der Waals surface area contributed by atoms with E-state index in [0.717, 1.165) is 18.4 Å². The van der Waals surface area contributed by atoms with Crippen LogP contribution < -0.4 is 16.4 Å². The zero-order valence-electron chi connectivity index (χ0n) is 15.0. The molecule has 1 heterocycles. The van der Waals surface area contributed by atoms with Gasteiger partial charge in [-0.15, -0.1) is 24.8 Å². The summed E-state index contributed by atoms with van der Waals surface area (Å²) in [5.41, 5.74) is 8.30. The number of aryl methyl sites for hydroxylation is 1. The van der Waals surface area contributed by atoms with Crippen LogP contribution >= 0.6 is 24.8 Å². The Kier molecular flexibility index (Phi) is 8.69.